The summed E-state index contributed by atoms with van der Waals surface area (Å²) >= 11 is 0. The van der Waals surface area contributed by atoms with Gasteiger partial charge in [0, 0.05) is 37.0 Å². The average molecular weight is 441 g/mol. The first kappa shape index (κ1) is 21.7. The van der Waals surface area contributed by atoms with Crippen LogP contribution >= 0.6 is 0 Å². The number of hydrogen-bond donors (Lipinski definition) is 1. The number of carbonyl (C=O) groups is 1. The topological polar surface area (TPSA) is 71.0 Å². The number of anilines is 1. The smallest absolute Gasteiger partial charge is 0.352 e. The summed E-state index contributed by atoms with van der Waals surface area (Å²) in [5.41, 5.74) is -0.208. The molecule has 4 rings (SSSR count). The highest BCUT2D eigenvalue weighted by molar-refractivity contribution is 5.94. The molecule has 1 saturated heterocycles. The Morgan fingerprint density at radius 1 is 1.06 bits per heavy atom. The van der Waals surface area contributed by atoms with E-state index in [1.54, 1.807) is 42.5 Å². The van der Waals surface area contributed by atoms with Crippen LogP contribution in [0.5, 0.6) is 0 Å². The lowest BCUT2D eigenvalue weighted by atomic mass is 10.0. The van der Waals surface area contributed by atoms with Crippen LogP contribution < -0.4 is 10.2 Å². The van der Waals surface area contributed by atoms with Crippen LogP contribution in [0.4, 0.5) is 19.0 Å². The molecule has 1 aromatic carbocycles. The molecule has 1 fully saturated rings. The maximum absolute atomic E-state index is 13.6. The first-order chi connectivity index (χ1) is 15.4. The van der Waals surface area contributed by atoms with Gasteiger partial charge in [-0.25, -0.2) is 9.97 Å². The molecule has 3 aromatic rings. The van der Waals surface area contributed by atoms with Gasteiger partial charge in [-0.05, 0) is 43.5 Å². The summed E-state index contributed by atoms with van der Waals surface area (Å²) in [5.74, 6) is -0.108. The highest BCUT2D eigenvalue weighted by Gasteiger charge is 2.35. The number of nitrogens with one attached hydrogen (secondary N) is 1. The fraction of sp³-hybridized carbons (Fsp3) is 0.304. The number of hydrogen-bond acceptors (Lipinski definition) is 5. The van der Waals surface area contributed by atoms with E-state index in [0.717, 1.165) is 25.3 Å². The Hall–Kier alpha value is -3.49. The van der Waals surface area contributed by atoms with Gasteiger partial charge in [0.15, 0.2) is 11.5 Å². The summed E-state index contributed by atoms with van der Waals surface area (Å²) in [6.45, 7) is 0.847. The van der Waals surface area contributed by atoms with Gasteiger partial charge >= 0.3 is 6.18 Å². The lowest BCUT2D eigenvalue weighted by Crippen LogP contribution is -2.47. The number of pyridine rings is 1. The molecular formula is C23H22F3N5O. The Bertz CT molecular complexity index is 1060. The van der Waals surface area contributed by atoms with Gasteiger partial charge in [0.1, 0.15) is 11.5 Å². The van der Waals surface area contributed by atoms with Crippen molar-refractivity contribution in [3.8, 4) is 11.5 Å². The molecule has 166 valence electrons. The first-order valence-corrected chi connectivity index (χ1v) is 10.4. The van der Waals surface area contributed by atoms with Crippen LogP contribution in [0.1, 0.15) is 35.3 Å². The zero-order valence-electron chi connectivity index (χ0n) is 17.2. The lowest BCUT2D eigenvalue weighted by molar-refractivity contribution is -0.141. The van der Waals surface area contributed by atoms with Crippen LogP contribution in [0.3, 0.4) is 0 Å². The van der Waals surface area contributed by atoms with Gasteiger partial charge in [-0.15, -0.1) is 0 Å². The normalized spacial score (nSPS) is 16.6. The van der Waals surface area contributed by atoms with Crippen molar-refractivity contribution in [2.75, 3.05) is 18.0 Å². The summed E-state index contributed by atoms with van der Waals surface area (Å²) in [4.78, 5) is 26.5. The number of halogens is 3. The molecule has 1 atom stereocenters. The van der Waals surface area contributed by atoms with Gasteiger partial charge in [0.25, 0.3) is 5.91 Å². The molecule has 6 nitrogen and oxygen atoms in total. The van der Waals surface area contributed by atoms with Gasteiger partial charge in [-0.2, -0.15) is 13.2 Å². The fourth-order valence-corrected chi connectivity index (χ4v) is 3.75. The molecule has 0 bridgehead atoms. The zero-order valence-corrected chi connectivity index (χ0v) is 17.2. The predicted molar refractivity (Wildman–Crippen MR) is 114 cm³/mol. The van der Waals surface area contributed by atoms with Crippen molar-refractivity contribution in [2.45, 2.75) is 31.5 Å². The molecular weight excluding hydrogens is 419 g/mol. The Kier molecular flexibility index (Phi) is 6.34. The van der Waals surface area contributed by atoms with Gasteiger partial charge in [0.05, 0.1) is 0 Å². The minimum absolute atomic E-state index is 0.0759. The first-order valence-electron chi connectivity index (χ1n) is 10.4. The predicted octanol–water partition coefficient (Wildman–Crippen LogP) is 4.35. The molecule has 32 heavy (non-hydrogen) atoms. The van der Waals surface area contributed by atoms with Crippen molar-refractivity contribution in [3.63, 3.8) is 0 Å². The third-order valence-corrected chi connectivity index (χ3v) is 5.35. The highest BCUT2D eigenvalue weighted by atomic mass is 19.4. The third-order valence-electron chi connectivity index (χ3n) is 5.35. The summed E-state index contributed by atoms with van der Waals surface area (Å²) in [5, 5.41) is 2.90. The number of carbonyl (C=O) groups excluding carboxylic acids is 1. The fourth-order valence-electron chi connectivity index (χ4n) is 3.75. The van der Waals surface area contributed by atoms with Crippen LogP contribution in [0.15, 0.2) is 60.8 Å². The molecule has 0 aliphatic carbocycles. The van der Waals surface area contributed by atoms with E-state index in [-0.39, 0.29) is 29.3 Å². The summed E-state index contributed by atoms with van der Waals surface area (Å²) in [6, 6.07) is 14.5. The van der Waals surface area contributed by atoms with E-state index in [4.69, 9.17) is 0 Å². The van der Waals surface area contributed by atoms with Crippen molar-refractivity contribution in [1.82, 2.24) is 20.3 Å². The second-order valence-corrected chi connectivity index (χ2v) is 7.57. The van der Waals surface area contributed by atoms with E-state index in [2.05, 4.69) is 20.3 Å². The second-order valence-electron chi connectivity index (χ2n) is 7.57. The van der Waals surface area contributed by atoms with E-state index in [0.29, 0.717) is 18.7 Å². The molecule has 2 aromatic heterocycles. The maximum Gasteiger partial charge on any atom is 0.433 e. The van der Waals surface area contributed by atoms with Crippen LogP contribution in [-0.4, -0.2) is 40.0 Å². The number of nitrogens with zero attached hydrogens (tertiary/aromatic N) is 4. The molecule has 1 aliphatic heterocycles. The van der Waals surface area contributed by atoms with Gasteiger partial charge in [0.2, 0.25) is 0 Å². The number of benzene rings is 1. The molecule has 0 spiro atoms. The number of alkyl halides is 3. The molecule has 0 saturated carbocycles. The summed E-state index contributed by atoms with van der Waals surface area (Å²) in [6.07, 6.45) is -0.644. The SMILES string of the molecule is O=C(NCC1CCCCN1c1cc(C(F)(F)F)nc(-c2ccccn2)n1)c1ccccc1. The van der Waals surface area contributed by atoms with Crippen molar-refractivity contribution < 1.29 is 18.0 Å². The monoisotopic (exact) mass is 441 g/mol. The highest BCUT2D eigenvalue weighted by Crippen LogP contribution is 2.33. The van der Waals surface area contributed by atoms with Crippen molar-refractivity contribution in [3.05, 3.63) is 72.1 Å². The molecule has 1 unspecified atom stereocenters. The standard InChI is InChI=1S/C23H22F3N5O/c24-23(25,26)19-14-20(30-21(29-19)18-11-4-6-12-27-18)31-13-7-5-10-17(31)15-28-22(32)16-8-2-1-3-9-16/h1-4,6,8-9,11-12,14,17H,5,7,10,13,15H2,(H,28,32). The van der Waals surface area contributed by atoms with Gasteiger partial charge < -0.3 is 10.2 Å². The zero-order chi connectivity index (χ0) is 22.6. The molecule has 1 aliphatic rings. The minimum atomic E-state index is -4.62. The van der Waals surface area contributed by atoms with E-state index >= 15 is 0 Å². The van der Waals surface area contributed by atoms with Crippen molar-refractivity contribution in [1.29, 1.82) is 0 Å². The Morgan fingerprint density at radius 3 is 2.56 bits per heavy atom. The quantitative estimate of drug-likeness (QED) is 0.638. The van der Waals surface area contributed by atoms with Crippen LogP contribution in [-0.2, 0) is 6.18 Å². The van der Waals surface area contributed by atoms with Crippen LogP contribution in [0.2, 0.25) is 0 Å². The Labute approximate surface area is 183 Å². The number of aromatic nitrogens is 3. The Balaban J connectivity index is 1.61. The van der Waals surface area contributed by atoms with E-state index < -0.39 is 11.9 Å². The molecule has 9 heteroatoms. The largest absolute Gasteiger partial charge is 0.433 e. The molecule has 0 radical (unpaired) electrons. The summed E-state index contributed by atoms with van der Waals surface area (Å²) < 4.78 is 40.8. The van der Waals surface area contributed by atoms with Gasteiger partial charge in [-0.1, -0.05) is 24.3 Å². The lowest BCUT2D eigenvalue weighted by Gasteiger charge is -2.37. The van der Waals surface area contributed by atoms with E-state index in [1.165, 1.54) is 6.20 Å². The van der Waals surface area contributed by atoms with Crippen molar-refractivity contribution >= 4 is 11.7 Å². The summed E-state index contributed by atoms with van der Waals surface area (Å²) in [7, 11) is 0. The van der Waals surface area contributed by atoms with Crippen molar-refractivity contribution in [2.24, 2.45) is 0 Å². The minimum Gasteiger partial charge on any atom is -0.352 e. The van der Waals surface area contributed by atoms with E-state index in [1.807, 2.05) is 11.0 Å². The number of piperidine rings is 1. The Morgan fingerprint density at radius 2 is 1.84 bits per heavy atom. The second kappa shape index (κ2) is 9.33. The van der Waals surface area contributed by atoms with Crippen LogP contribution in [0.25, 0.3) is 11.5 Å². The van der Waals surface area contributed by atoms with Crippen LogP contribution in [0, 0.1) is 0 Å². The molecule has 3 heterocycles. The molecule has 1 N–H and O–H groups in total. The number of amides is 1. The third kappa shape index (κ3) is 5.04. The van der Waals surface area contributed by atoms with Gasteiger partial charge in [-0.3, -0.25) is 9.78 Å². The average Bonchev–Trinajstić information content (AvgIpc) is 2.83. The molecule has 1 amide bonds. The number of rotatable bonds is 5. The van der Waals surface area contributed by atoms with E-state index in [9.17, 15) is 18.0 Å². The maximum atomic E-state index is 13.6.